The highest BCUT2D eigenvalue weighted by Crippen LogP contribution is 2.27. The molecule has 18 heavy (non-hydrogen) atoms. The lowest BCUT2D eigenvalue weighted by Crippen LogP contribution is -2.06. The van der Waals surface area contributed by atoms with E-state index in [1.54, 1.807) is 4.68 Å². The monoisotopic (exact) mass is 282 g/mol. The average molecular weight is 283 g/mol. The summed E-state index contributed by atoms with van der Waals surface area (Å²) in [5.74, 6) is 0.357. The van der Waals surface area contributed by atoms with Gasteiger partial charge in [0.15, 0.2) is 10.3 Å². The molecule has 0 saturated carbocycles. The summed E-state index contributed by atoms with van der Waals surface area (Å²) in [5.41, 5.74) is 2.29. The van der Waals surface area contributed by atoms with Gasteiger partial charge in [0.05, 0.1) is 5.69 Å². The summed E-state index contributed by atoms with van der Waals surface area (Å²) in [6, 6.07) is 1.93. The second-order valence-corrected chi connectivity index (χ2v) is 4.57. The highest BCUT2D eigenvalue weighted by Gasteiger charge is 2.18. The minimum atomic E-state index is 0.242. The van der Waals surface area contributed by atoms with Crippen LogP contribution in [-0.4, -0.2) is 29.4 Å². The van der Waals surface area contributed by atoms with E-state index >= 15 is 0 Å². The average Bonchev–Trinajstić information content (AvgIpc) is 2.86. The molecule has 3 heterocycles. The number of rotatable bonds is 1. The Morgan fingerprint density at radius 2 is 2.00 bits per heavy atom. The Kier molecular flexibility index (Phi) is 2.49. The van der Waals surface area contributed by atoms with E-state index in [1.165, 1.54) is 10.8 Å². The number of hydrogen-bond donors (Lipinski definition) is 0. The van der Waals surface area contributed by atoms with Crippen molar-refractivity contribution in [1.82, 2.24) is 29.4 Å². The maximum absolute atomic E-state index is 6.28. The quantitative estimate of drug-likeness (QED) is 0.642. The lowest BCUT2D eigenvalue weighted by atomic mass is 10.4. The maximum Gasteiger partial charge on any atom is 0.255 e. The zero-order valence-corrected chi connectivity index (χ0v) is 11.1. The highest BCUT2D eigenvalue weighted by molar-refractivity contribution is 6.36. The van der Waals surface area contributed by atoms with Gasteiger partial charge in [-0.3, -0.25) is 0 Å². The predicted octanol–water partition coefficient (Wildman–Crippen LogP) is 2.23. The van der Waals surface area contributed by atoms with Crippen molar-refractivity contribution in [2.75, 3.05) is 0 Å². The summed E-state index contributed by atoms with van der Waals surface area (Å²) in [5, 5.41) is 8.90. The van der Waals surface area contributed by atoms with Crippen molar-refractivity contribution >= 4 is 29.0 Å². The molecule has 0 N–H and O–H groups in total. The Bertz CT molecular complexity index is 744. The third-order valence-corrected chi connectivity index (χ3v) is 3.13. The number of nitrogens with zero attached hydrogens (tertiary/aromatic N) is 6. The van der Waals surface area contributed by atoms with Gasteiger partial charge < -0.3 is 0 Å². The van der Waals surface area contributed by atoms with Gasteiger partial charge in [-0.2, -0.15) is 24.7 Å². The van der Waals surface area contributed by atoms with E-state index in [1.807, 2.05) is 19.9 Å². The predicted molar refractivity (Wildman–Crippen MR) is 67.4 cm³/mol. The Morgan fingerprint density at radius 3 is 2.67 bits per heavy atom. The number of aromatic nitrogens is 6. The highest BCUT2D eigenvalue weighted by atomic mass is 35.5. The summed E-state index contributed by atoms with van der Waals surface area (Å²) in [6.45, 7) is 3.81. The Balaban J connectivity index is 2.38. The molecule has 0 saturated heterocycles. The SMILES string of the molecule is Cc1cc(C)n(-c2c(Cl)nc3ncnn3c2Cl)n1. The van der Waals surface area contributed by atoms with Crippen LogP contribution in [0.2, 0.25) is 10.3 Å². The van der Waals surface area contributed by atoms with Crippen molar-refractivity contribution in [3.05, 3.63) is 34.1 Å². The van der Waals surface area contributed by atoms with Crippen LogP contribution in [0.25, 0.3) is 11.5 Å². The smallest absolute Gasteiger partial charge is 0.232 e. The topological polar surface area (TPSA) is 60.9 Å². The van der Waals surface area contributed by atoms with Crippen molar-refractivity contribution in [2.45, 2.75) is 13.8 Å². The van der Waals surface area contributed by atoms with Crippen molar-refractivity contribution in [2.24, 2.45) is 0 Å². The van der Waals surface area contributed by atoms with Gasteiger partial charge in [-0.25, -0.2) is 4.68 Å². The first-order chi connectivity index (χ1) is 8.58. The second-order valence-electron chi connectivity index (χ2n) is 3.85. The van der Waals surface area contributed by atoms with Crippen molar-refractivity contribution in [3.8, 4) is 5.69 Å². The molecule has 0 aromatic carbocycles. The summed E-state index contributed by atoms with van der Waals surface area (Å²) in [4.78, 5) is 8.08. The zero-order chi connectivity index (χ0) is 12.9. The van der Waals surface area contributed by atoms with Gasteiger partial charge in [0.25, 0.3) is 5.78 Å². The third kappa shape index (κ3) is 1.57. The van der Waals surface area contributed by atoms with Crippen LogP contribution >= 0.6 is 23.2 Å². The van der Waals surface area contributed by atoms with Gasteiger partial charge in [0.1, 0.15) is 12.0 Å². The summed E-state index contributed by atoms with van der Waals surface area (Å²) in [6.07, 6.45) is 1.37. The van der Waals surface area contributed by atoms with Crippen LogP contribution in [0.15, 0.2) is 12.4 Å². The van der Waals surface area contributed by atoms with E-state index in [0.29, 0.717) is 16.6 Å². The van der Waals surface area contributed by atoms with E-state index in [9.17, 15) is 0 Å². The minimum absolute atomic E-state index is 0.242. The number of aryl methyl sites for hydroxylation is 2. The number of hydrogen-bond acceptors (Lipinski definition) is 4. The molecule has 0 amide bonds. The van der Waals surface area contributed by atoms with Crippen LogP contribution in [0.3, 0.4) is 0 Å². The lowest BCUT2D eigenvalue weighted by Gasteiger charge is -2.09. The Morgan fingerprint density at radius 1 is 1.22 bits per heavy atom. The molecular formula is C10H8Cl2N6. The van der Waals surface area contributed by atoms with Gasteiger partial charge in [-0.05, 0) is 19.9 Å². The van der Waals surface area contributed by atoms with E-state index in [0.717, 1.165) is 11.4 Å². The number of fused-ring (bicyclic) bond motifs is 1. The van der Waals surface area contributed by atoms with Gasteiger partial charge in [0, 0.05) is 5.69 Å². The molecule has 0 fully saturated rings. The summed E-state index contributed by atoms with van der Waals surface area (Å²) in [7, 11) is 0. The van der Waals surface area contributed by atoms with E-state index in [-0.39, 0.29) is 5.15 Å². The standard InChI is InChI=1S/C10H8Cl2N6/c1-5-3-6(2)17(16-5)7-8(11)15-10-13-4-14-18(10)9(7)12/h3-4H,1-2H3. The molecular weight excluding hydrogens is 275 g/mol. The molecule has 0 bridgehead atoms. The largest absolute Gasteiger partial charge is 0.255 e. The van der Waals surface area contributed by atoms with Crippen LogP contribution in [0, 0.1) is 13.8 Å². The van der Waals surface area contributed by atoms with Gasteiger partial charge in [0.2, 0.25) is 0 Å². The molecule has 0 aliphatic rings. The van der Waals surface area contributed by atoms with Gasteiger partial charge in [-0.15, -0.1) is 0 Å². The molecule has 0 aliphatic carbocycles. The second kappa shape index (κ2) is 3.93. The first kappa shape index (κ1) is 11.4. The first-order valence-corrected chi connectivity index (χ1v) is 5.92. The molecule has 3 rings (SSSR count). The van der Waals surface area contributed by atoms with Crippen LogP contribution < -0.4 is 0 Å². The molecule has 8 heteroatoms. The molecule has 0 unspecified atom stereocenters. The molecule has 0 atom stereocenters. The van der Waals surface area contributed by atoms with Gasteiger partial charge in [-0.1, -0.05) is 23.2 Å². The van der Waals surface area contributed by atoms with Crippen LogP contribution in [0.1, 0.15) is 11.4 Å². The Hall–Kier alpha value is -1.66. The number of halogens is 2. The van der Waals surface area contributed by atoms with Crippen molar-refractivity contribution in [3.63, 3.8) is 0 Å². The molecule has 0 radical (unpaired) electrons. The molecule has 0 aliphatic heterocycles. The fraction of sp³-hybridized carbons (Fsp3) is 0.200. The normalized spacial score (nSPS) is 11.3. The molecule has 92 valence electrons. The Labute approximate surface area is 112 Å². The molecule has 3 aromatic rings. The zero-order valence-electron chi connectivity index (χ0n) is 9.59. The molecule has 3 aromatic heterocycles. The van der Waals surface area contributed by atoms with Crippen LogP contribution in [-0.2, 0) is 0 Å². The first-order valence-electron chi connectivity index (χ1n) is 5.16. The molecule has 0 spiro atoms. The maximum atomic E-state index is 6.28. The fourth-order valence-corrected chi connectivity index (χ4v) is 2.39. The van der Waals surface area contributed by atoms with Crippen LogP contribution in [0.4, 0.5) is 0 Å². The molecule has 6 nitrogen and oxygen atoms in total. The fourth-order valence-electron chi connectivity index (χ4n) is 1.81. The lowest BCUT2D eigenvalue weighted by molar-refractivity contribution is 0.808. The summed E-state index contributed by atoms with van der Waals surface area (Å²) >= 11 is 12.4. The summed E-state index contributed by atoms with van der Waals surface area (Å²) < 4.78 is 3.06. The minimum Gasteiger partial charge on any atom is -0.232 e. The van der Waals surface area contributed by atoms with E-state index < -0.39 is 0 Å². The van der Waals surface area contributed by atoms with Crippen molar-refractivity contribution < 1.29 is 0 Å². The van der Waals surface area contributed by atoms with E-state index in [2.05, 4.69) is 20.2 Å². The van der Waals surface area contributed by atoms with Crippen LogP contribution in [0.5, 0.6) is 0 Å². The third-order valence-electron chi connectivity index (χ3n) is 2.53. The van der Waals surface area contributed by atoms with Gasteiger partial charge >= 0.3 is 0 Å². The van der Waals surface area contributed by atoms with E-state index in [4.69, 9.17) is 23.2 Å². The van der Waals surface area contributed by atoms with Crippen molar-refractivity contribution in [1.29, 1.82) is 0 Å².